The topological polar surface area (TPSA) is 68.8 Å². The molecule has 0 saturated carbocycles. The van der Waals surface area contributed by atoms with E-state index in [1.54, 1.807) is 0 Å². The molecule has 1 amide bonds. The summed E-state index contributed by atoms with van der Waals surface area (Å²) in [5.41, 5.74) is 1.63. The molecule has 0 aromatic heterocycles. The van der Waals surface area contributed by atoms with E-state index in [9.17, 15) is 4.79 Å². The molecule has 2 rings (SSSR count). The second kappa shape index (κ2) is 11.9. The molecule has 6 nitrogen and oxygen atoms in total. The number of amides is 1. The Morgan fingerprint density at radius 1 is 1.29 bits per heavy atom. The standard InChI is InChI=1S/C21H34ClN5O/c1-4-13-27-14-10-17(11-15-27)25-21(23-5-2)24-12-9-20(28)26-19-8-6-7-18(22)16(19)3/h6-8,17H,4-5,9-15H2,1-3H3,(H,26,28)(H2,23,24,25). The molecule has 1 fully saturated rings. The predicted molar refractivity (Wildman–Crippen MR) is 118 cm³/mol. The van der Waals surface area contributed by atoms with Crippen LogP contribution in [0.3, 0.4) is 0 Å². The summed E-state index contributed by atoms with van der Waals surface area (Å²) < 4.78 is 0. The maximum atomic E-state index is 12.2. The van der Waals surface area contributed by atoms with Gasteiger partial charge in [0.1, 0.15) is 0 Å². The van der Waals surface area contributed by atoms with E-state index in [1.165, 1.54) is 13.0 Å². The number of hydrogen-bond acceptors (Lipinski definition) is 3. The van der Waals surface area contributed by atoms with E-state index in [0.717, 1.165) is 49.7 Å². The lowest BCUT2D eigenvalue weighted by Gasteiger charge is -2.32. The first-order valence-electron chi connectivity index (χ1n) is 10.4. The second-order valence-corrected chi connectivity index (χ2v) is 7.64. The van der Waals surface area contributed by atoms with Crippen LogP contribution in [-0.4, -0.2) is 55.5 Å². The fraction of sp³-hybridized carbons (Fsp3) is 0.619. The van der Waals surface area contributed by atoms with Gasteiger partial charge in [0, 0.05) is 42.8 Å². The van der Waals surface area contributed by atoms with Gasteiger partial charge in [0.15, 0.2) is 5.96 Å². The number of hydrogen-bond donors (Lipinski definition) is 3. The first-order valence-corrected chi connectivity index (χ1v) is 10.7. The summed E-state index contributed by atoms with van der Waals surface area (Å²) in [6.07, 6.45) is 3.79. The lowest BCUT2D eigenvalue weighted by molar-refractivity contribution is -0.116. The van der Waals surface area contributed by atoms with Crippen molar-refractivity contribution >= 4 is 29.2 Å². The molecule has 3 N–H and O–H groups in total. The third-order valence-electron chi connectivity index (χ3n) is 4.96. The number of benzene rings is 1. The molecule has 0 bridgehead atoms. The Kier molecular flexibility index (Phi) is 9.58. The van der Waals surface area contributed by atoms with Gasteiger partial charge in [-0.3, -0.25) is 9.79 Å². The van der Waals surface area contributed by atoms with Gasteiger partial charge in [-0.25, -0.2) is 0 Å². The predicted octanol–water partition coefficient (Wildman–Crippen LogP) is 3.41. The zero-order valence-electron chi connectivity index (χ0n) is 17.4. The highest BCUT2D eigenvalue weighted by molar-refractivity contribution is 6.31. The van der Waals surface area contributed by atoms with Gasteiger partial charge in [0.05, 0.1) is 6.54 Å². The summed E-state index contributed by atoms with van der Waals surface area (Å²) in [6.45, 7) is 10.9. The molecule has 1 aromatic carbocycles. The van der Waals surface area contributed by atoms with Gasteiger partial charge in [-0.1, -0.05) is 24.6 Å². The number of likely N-dealkylation sites (tertiary alicyclic amines) is 1. The smallest absolute Gasteiger partial charge is 0.226 e. The van der Waals surface area contributed by atoms with Gasteiger partial charge in [-0.05, 0) is 57.4 Å². The number of nitrogens with one attached hydrogen (secondary N) is 3. The van der Waals surface area contributed by atoms with Crippen molar-refractivity contribution in [3.63, 3.8) is 0 Å². The average molecular weight is 408 g/mol. The van der Waals surface area contributed by atoms with Crippen molar-refractivity contribution in [3.05, 3.63) is 28.8 Å². The van der Waals surface area contributed by atoms with Crippen molar-refractivity contribution in [2.45, 2.75) is 52.5 Å². The van der Waals surface area contributed by atoms with Crippen molar-refractivity contribution in [3.8, 4) is 0 Å². The zero-order chi connectivity index (χ0) is 20.4. The maximum Gasteiger partial charge on any atom is 0.226 e. The minimum absolute atomic E-state index is 0.0576. The van der Waals surface area contributed by atoms with Gasteiger partial charge in [0.25, 0.3) is 0 Å². The molecule has 0 spiro atoms. The third kappa shape index (κ3) is 7.32. The Bertz CT molecular complexity index is 656. The molecule has 0 radical (unpaired) electrons. The molecule has 0 atom stereocenters. The second-order valence-electron chi connectivity index (χ2n) is 7.23. The number of piperidine rings is 1. The van der Waals surface area contributed by atoms with E-state index in [2.05, 4.69) is 39.7 Å². The number of anilines is 1. The summed E-state index contributed by atoms with van der Waals surface area (Å²) in [4.78, 5) is 19.3. The molecule has 7 heteroatoms. The minimum Gasteiger partial charge on any atom is -0.357 e. The Balaban J connectivity index is 1.80. The van der Waals surface area contributed by atoms with Crippen molar-refractivity contribution < 1.29 is 4.79 Å². The fourth-order valence-corrected chi connectivity index (χ4v) is 3.53. The number of aliphatic imine (C=N–C) groups is 1. The quantitative estimate of drug-likeness (QED) is 0.456. The normalized spacial score (nSPS) is 16.1. The van der Waals surface area contributed by atoms with Crippen LogP contribution in [0.5, 0.6) is 0 Å². The first kappa shape index (κ1) is 22.5. The molecule has 28 heavy (non-hydrogen) atoms. The molecule has 1 aliphatic heterocycles. The highest BCUT2D eigenvalue weighted by Crippen LogP contribution is 2.22. The van der Waals surface area contributed by atoms with Crippen LogP contribution in [-0.2, 0) is 4.79 Å². The van der Waals surface area contributed by atoms with Gasteiger partial charge < -0.3 is 20.9 Å². The van der Waals surface area contributed by atoms with Crippen LogP contribution < -0.4 is 16.0 Å². The number of nitrogens with zero attached hydrogens (tertiary/aromatic N) is 2. The van der Waals surface area contributed by atoms with Crippen LogP contribution in [0, 0.1) is 6.92 Å². The van der Waals surface area contributed by atoms with Gasteiger partial charge in [-0.15, -0.1) is 0 Å². The molecular formula is C21H34ClN5O. The van der Waals surface area contributed by atoms with Crippen LogP contribution in [0.25, 0.3) is 0 Å². The highest BCUT2D eigenvalue weighted by Gasteiger charge is 2.19. The zero-order valence-corrected chi connectivity index (χ0v) is 18.1. The van der Waals surface area contributed by atoms with Crippen LogP contribution in [0.4, 0.5) is 5.69 Å². The molecule has 0 aliphatic carbocycles. The summed E-state index contributed by atoms with van der Waals surface area (Å²) in [6, 6.07) is 5.95. The highest BCUT2D eigenvalue weighted by atomic mass is 35.5. The van der Waals surface area contributed by atoms with Crippen molar-refractivity contribution in [2.24, 2.45) is 4.99 Å². The lowest BCUT2D eigenvalue weighted by Crippen LogP contribution is -2.48. The van der Waals surface area contributed by atoms with Gasteiger partial charge >= 0.3 is 0 Å². The van der Waals surface area contributed by atoms with E-state index in [0.29, 0.717) is 24.0 Å². The summed E-state index contributed by atoms with van der Waals surface area (Å²) >= 11 is 6.10. The van der Waals surface area contributed by atoms with Crippen molar-refractivity contribution in [2.75, 3.05) is 38.0 Å². The van der Waals surface area contributed by atoms with Crippen molar-refractivity contribution in [1.82, 2.24) is 15.5 Å². The molecule has 1 saturated heterocycles. The summed E-state index contributed by atoms with van der Waals surface area (Å²) in [5.74, 6) is 0.737. The Morgan fingerprint density at radius 2 is 2.04 bits per heavy atom. The summed E-state index contributed by atoms with van der Waals surface area (Å²) in [7, 11) is 0. The fourth-order valence-electron chi connectivity index (χ4n) is 3.36. The molecule has 0 unspecified atom stereocenters. The maximum absolute atomic E-state index is 12.2. The van der Waals surface area contributed by atoms with E-state index in [1.807, 2.05) is 25.1 Å². The number of guanidine groups is 1. The number of carbonyl (C=O) groups is 1. The van der Waals surface area contributed by atoms with Crippen LogP contribution in [0.15, 0.2) is 23.2 Å². The van der Waals surface area contributed by atoms with Crippen LogP contribution in [0.2, 0.25) is 5.02 Å². The molecular weight excluding hydrogens is 374 g/mol. The number of rotatable bonds is 8. The molecule has 1 heterocycles. The van der Waals surface area contributed by atoms with Gasteiger partial charge in [0.2, 0.25) is 5.91 Å². The monoisotopic (exact) mass is 407 g/mol. The van der Waals surface area contributed by atoms with Gasteiger partial charge in [-0.2, -0.15) is 0 Å². The molecule has 156 valence electrons. The Hall–Kier alpha value is -1.79. The SMILES string of the molecule is CCCN1CCC(NC(=NCCC(=O)Nc2cccc(Cl)c2C)NCC)CC1. The number of carbonyl (C=O) groups excluding carboxylic acids is 1. The van der Waals surface area contributed by atoms with E-state index < -0.39 is 0 Å². The summed E-state index contributed by atoms with van der Waals surface area (Å²) in [5, 5.41) is 10.4. The Morgan fingerprint density at radius 3 is 2.71 bits per heavy atom. The van der Waals surface area contributed by atoms with E-state index >= 15 is 0 Å². The van der Waals surface area contributed by atoms with Crippen LogP contribution in [0.1, 0.15) is 45.1 Å². The Labute approximate surface area is 174 Å². The van der Waals surface area contributed by atoms with E-state index in [-0.39, 0.29) is 5.91 Å². The van der Waals surface area contributed by atoms with E-state index in [4.69, 9.17) is 11.6 Å². The van der Waals surface area contributed by atoms with Crippen molar-refractivity contribution in [1.29, 1.82) is 0 Å². The third-order valence-corrected chi connectivity index (χ3v) is 5.37. The average Bonchev–Trinajstić information content (AvgIpc) is 2.67. The molecule has 1 aliphatic rings. The lowest BCUT2D eigenvalue weighted by atomic mass is 10.1. The number of halogens is 1. The largest absolute Gasteiger partial charge is 0.357 e. The minimum atomic E-state index is -0.0576. The first-order chi connectivity index (χ1) is 13.5. The van der Waals surface area contributed by atoms with Crippen LogP contribution >= 0.6 is 11.6 Å². The molecule has 1 aromatic rings.